The zero-order valence-corrected chi connectivity index (χ0v) is 13.7. The predicted molar refractivity (Wildman–Crippen MR) is 91.8 cm³/mol. The minimum atomic E-state index is -0.138. The van der Waals surface area contributed by atoms with E-state index in [4.69, 9.17) is 9.47 Å². The van der Waals surface area contributed by atoms with Crippen molar-refractivity contribution < 1.29 is 14.3 Å². The molecule has 6 heteroatoms. The molecule has 3 rings (SSSR count). The normalized spacial score (nSPS) is 10.8. The van der Waals surface area contributed by atoms with Crippen LogP contribution in [0.15, 0.2) is 48.8 Å². The zero-order valence-electron chi connectivity index (χ0n) is 13.7. The second-order valence-corrected chi connectivity index (χ2v) is 5.24. The number of aromatic nitrogens is 2. The van der Waals surface area contributed by atoms with E-state index in [-0.39, 0.29) is 5.91 Å². The Kier molecular flexibility index (Phi) is 4.77. The topological polar surface area (TPSA) is 65.4 Å². The molecule has 0 aliphatic heterocycles. The number of para-hydroxylation sites is 2. The molecule has 0 aliphatic carbocycles. The van der Waals surface area contributed by atoms with E-state index in [1.807, 2.05) is 34.9 Å². The van der Waals surface area contributed by atoms with Crippen molar-refractivity contribution in [3.8, 4) is 11.4 Å². The Bertz CT molecular complexity index is 858. The summed E-state index contributed by atoms with van der Waals surface area (Å²) in [5, 5.41) is 2.80. The molecule has 0 spiro atoms. The minimum Gasteiger partial charge on any atom is -0.495 e. The smallest absolute Gasteiger partial charge is 0.251 e. The predicted octanol–water partition coefficient (Wildman–Crippen LogP) is 2.41. The first-order valence-electron chi connectivity index (χ1n) is 7.62. The van der Waals surface area contributed by atoms with Crippen molar-refractivity contribution >= 4 is 16.9 Å². The molecule has 2 aromatic carbocycles. The number of rotatable bonds is 6. The van der Waals surface area contributed by atoms with Gasteiger partial charge in [0.15, 0.2) is 0 Å². The number of fused-ring (bicyclic) bond motifs is 1. The highest BCUT2D eigenvalue weighted by molar-refractivity contribution is 5.97. The fourth-order valence-corrected chi connectivity index (χ4v) is 2.54. The lowest BCUT2D eigenvalue weighted by molar-refractivity contribution is 0.0937. The number of nitrogens with one attached hydrogen (secondary N) is 1. The van der Waals surface area contributed by atoms with Crippen molar-refractivity contribution in [2.75, 3.05) is 27.4 Å². The van der Waals surface area contributed by atoms with Crippen molar-refractivity contribution in [3.63, 3.8) is 0 Å². The molecule has 0 unspecified atom stereocenters. The largest absolute Gasteiger partial charge is 0.495 e. The van der Waals surface area contributed by atoms with Crippen LogP contribution in [0.25, 0.3) is 16.7 Å². The number of imidazole rings is 1. The molecule has 6 nitrogen and oxygen atoms in total. The van der Waals surface area contributed by atoms with Crippen molar-refractivity contribution in [2.24, 2.45) is 0 Å². The number of carbonyl (C=O) groups excluding carboxylic acids is 1. The monoisotopic (exact) mass is 325 g/mol. The quantitative estimate of drug-likeness (QED) is 0.707. The first-order chi connectivity index (χ1) is 11.7. The lowest BCUT2D eigenvalue weighted by atomic mass is 10.2. The summed E-state index contributed by atoms with van der Waals surface area (Å²) >= 11 is 0. The number of carbonyl (C=O) groups is 1. The van der Waals surface area contributed by atoms with Crippen molar-refractivity contribution in [1.82, 2.24) is 14.9 Å². The third-order valence-electron chi connectivity index (χ3n) is 3.75. The summed E-state index contributed by atoms with van der Waals surface area (Å²) in [5.41, 5.74) is 3.14. The van der Waals surface area contributed by atoms with Crippen LogP contribution in [0.1, 0.15) is 10.4 Å². The Hall–Kier alpha value is -2.86. The third kappa shape index (κ3) is 3.09. The molecule has 0 radical (unpaired) electrons. The van der Waals surface area contributed by atoms with Gasteiger partial charge in [0.25, 0.3) is 5.91 Å². The van der Waals surface area contributed by atoms with E-state index in [9.17, 15) is 4.79 Å². The number of methoxy groups -OCH3 is 2. The first kappa shape index (κ1) is 16.0. The minimum absolute atomic E-state index is 0.138. The Labute approximate surface area is 140 Å². The second-order valence-electron chi connectivity index (χ2n) is 5.24. The van der Waals surface area contributed by atoms with Gasteiger partial charge in [-0.2, -0.15) is 0 Å². The van der Waals surface area contributed by atoms with Crippen LogP contribution >= 0.6 is 0 Å². The highest BCUT2D eigenvalue weighted by atomic mass is 16.5. The maximum Gasteiger partial charge on any atom is 0.251 e. The number of hydrogen-bond donors (Lipinski definition) is 1. The highest BCUT2D eigenvalue weighted by Gasteiger charge is 2.12. The van der Waals surface area contributed by atoms with Crippen molar-refractivity contribution in [3.05, 3.63) is 54.4 Å². The average Bonchev–Trinajstić information content (AvgIpc) is 3.04. The molecular weight excluding hydrogens is 306 g/mol. The number of benzene rings is 2. The molecule has 0 saturated carbocycles. The van der Waals surface area contributed by atoms with Gasteiger partial charge in [0, 0.05) is 19.2 Å². The summed E-state index contributed by atoms with van der Waals surface area (Å²) in [6.07, 6.45) is 1.73. The Morgan fingerprint density at radius 2 is 2.04 bits per heavy atom. The van der Waals surface area contributed by atoms with Gasteiger partial charge < -0.3 is 14.8 Å². The van der Waals surface area contributed by atoms with Gasteiger partial charge in [0.2, 0.25) is 0 Å². The standard InChI is InChI=1S/C18H19N3O3/c1-23-10-9-19-18(22)13-7-8-15-14(11-13)20-12-21(15)16-5-3-4-6-17(16)24-2/h3-8,11-12H,9-10H2,1-2H3,(H,19,22). The van der Waals surface area contributed by atoms with E-state index in [2.05, 4.69) is 10.3 Å². The van der Waals surface area contributed by atoms with Gasteiger partial charge in [0.1, 0.15) is 12.1 Å². The number of amides is 1. The molecule has 1 aromatic heterocycles. The van der Waals surface area contributed by atoms with Crippen LogP contribution in [0, 0.1) is 0 Å². The lowest BCUT2D eigenvalue weighted by Gasteiger charge is -2.10. The van der Waals surface area contributed by atoms with Gasteiger partial charge in [0.05, 0.1) is 30.4 Å². The highest BCUT2D eigenvalue weighted by Crippen LogP contribution is 2.26. The van der Waals surface area contributed by atoms with Crippen LogP contribution in [0.4, 0.5) is 0 Å². The molecular formula is C18H19N3O3. The van der Waals surface area contributed by atoms with Crippen LogP contribution in [0.5, 0.6) is 5.75 Å². The molecule has 0 atom stereocenters. The number of ether oxygens (including phenoxy) is 2. The van der Waals surface area contributed by atoms with E-state index >= 15 is 0 Å². The number of hydrogen-bond acceptors (Lipinski definition) is 4. The molecule has 1 amide bonds. The summed E-state index contributed by atoms with van der Waals surface area (Å²) in [7, 11) is 3.24. The van der Waals surface area contributed by atoms with Crippen LogP contribution in [0.2, 0.25) is 0 Å². The van der Waals surface area contributed by atoms with Crippen LogP contribution < -0.4 is 10.1 Å². The summed E-state index contributed by atoms with van der Waals surface area (Å²) in [5.74, 6) is 0.624. The maximum atomic E-state index is 12.1. The molecule has 0 fully saturated rings. The fraction of sp³-hybridized carbons (Fsp3) is 0.222. The van der Waals surface area contributed by atoms with Crippen LogP contribution in [0.3, 0.4) is 0 Å². The third-order valence-corrected chi connectivity index (χ3v) is 3.75. The summed E-state index contributed by atoms with van der Waals surface area (Å²) < 4.78 is 12.3. The molecule has 24 heavy (non-hydrogen) atoms. The molecule has 0 bridgehead atoms. The second kappa shape index (κ2) is 7.14. The first-order valence-corrected chi connectivity index (χ1v) is 7.62. The summed E-state index contributed by atoms with van der Waals surface area (Å²) in [6, 6.07) is 13.2. The Morgan fingerprint density at radius 1 is 1.21 bits per heavy atom. The average molecular weight is 325 g/mol. The van der Waals surface area contributed by atoms with Gasteiger partial charge in [-0.25, -0.2) is 4.98 Å². The molecule has 0 saturated heterocycles. The van der Waals surface area contributed by atoms with E-state index in [1.54, 1.807) is 32.7 Å². The molecule has 1 N–H and O–H groups in total. The number of nitrogens with zero attached hydrogens (tertiary/aromatic N) is 2. The zero-order chi connectivity index (χ0) is 16.9. The molecule has 0 aliphatic rings. The Balaban J connectivity index is 1.93. The van der Waals surface area contributed by atoms with Gasteiger partial charge in [-0.15, -0.1) is 0 Å². The lowest BCUT2D eigenvalue weighted by Crippen LogP contribution is -2.26. The molecule has 1 heterocycles. The Morgan fingerprint density at radius 3 is 2.83 bits per heavy atom. The van der Waals surface area contributed by atoms with E-state index < -0.39 is 0 Å². The fourth-order valence-electron chi connectivity index (χ4n) is 2.54. The summed E-state index contributed by atoms with van der Waals surface area (Å²) in [4.78, 5) is 16.5. The summed E-state index contributed by atoms with van der Waals surface area (Å²) in [6.45, 7) is 0.958. The van der Waals surface area contributed by atoms with Crippen molar-refractivity contribution in [2.45, 2.75) is 0 Å². The van der Waals surface area contributed by atoms with E-state index in [1.165, 1.54) is 0 Å². The SMILES string of the molecule is COCCNC(=O)c1ccc2c(c1)ncn2-c1ccccc1OC. The van der Waals surface area contributed by atoms with Gasteiger partial charge in [-0.1, -0.05) is 12.1 Å². The van der Waals surface area contributed by atoms with Crippen LogP contribution in [-0.2, 0) is 4.74 Å². The van der Waals surface area contributed by atoms with Gasteiger partial charge in [-0.05, 0) is 30.3 Å². The van der Waals surface area contributed by atoms with E-state index in [0.29, 0.717) is 18.7 Å². The maximum absolute atomic E-state index is 12.1. The molecule has 3 aromatic rings. The van der Waals surface area contributed by atoms with Crippen LogP contribution in [-0.4, -0.2) is 42.8 Å². The van der Waals surface area contributed by atoms with Crippen molar-refractivity contribution in [1.29, 1.82) is 0 Å². The molecule has 124 valence electrons. The van der Waals surface area contributed by atoms with E-state index in [0.717, 1.165) is 22.5 Å². The van der Waals surface area contributed by atoms with Gasteiger partial charge in [-0.3, -0.25) is 9.36 Å². The van der Waals surface area contributed by atoms with Gasteiger partial charge >= 0.3 is 0 Å².